The minimum absolute atomic E-state index is 0.193. The Morgan fingerprint density at radius 1 is 1.53 bits per heavy atom. The Morgan fingerprint density at radius 2 is 2.33 bits per heavy atom. The lowest BCUT2D eigenvalue weighted by Crippen LogP contribution is -2.11. The number of ether oxygens (including phenoxy) is 1. The second-order valence-corrected chi connectivity index (χ2v) is 3.44. The highest BCUT2D eigenvalue weighted by Gasteiger charge is 2.31. The molecule has 2 rings (SSSR count). The Hall–Kier alpha value is -1.71. The molecule has 15 heavy (non-hydrogen) atoms. The maximum Gasteiger partial charge on any atom is 0.191 e. The van der Waals surface area contributed by atoms with Gasteiger partial charge in [0, 0.05) is 12.0 Å². The Morgan fingerprint density at radius 3 is 3.00 bits per heavy atom. The van der Waals surface area contributed by atoms with Gasteiger partial charge in [-0.2, -0.15) is 4.91 Å². The van der Waals surface area contributed by atoms with Gasteiger partial charge >= 0.3 is 0 Å². The number of nitrogens with zero attached hydrogens (tertiary/aromatic N) is 1. The van der Waals surface area contributed by atoms with Crippen molar-refractivity contribution < 1.29 is 9.53 Å². The maximum absolute atomic E-state index is 11.6. The van der Waals surface area contributed by atoms with E-state index >= 15 is 0 Å². The second-order valence-electron chi connectivity index (χ2n) is 3.44. The SMILES string of the molecule is CCOc1ccc2c(c1)C(=O)C(N=O)C2. The van der Waals surface area contributed by atoms with Crippen molar-refractivity contribution in [2.45, 2.75) is 19.4 Å². The zero-order valence-corrected chi connectivity index (χ0v) is 8.40. The summed E-state index contributed by atoms with van der Waals surface area (Å²) >= 11 is 0. The molecule has 1 aromatic rings. The van der Waals surface area contributed by atoms with Gasteiger partial charge in [-0.25, -0.2) is 0 Å². The zero-order valence-electron chi connectivity index (χ0n) is 8.40. The van der Waals surface area contributed by atoms with Gasteiger partial charge in [-0.1, -0.05) is 11.2 Å². The van der Waals surface area contributed by atoms with Crippen LogP contribution in [0.4, 0.5) is 0 Å². The molecule has 0 aliphatic heterocycles. The molecule has 1 aromatic carbocycles. The zero-order chi connectivity index (χ0) is 10.8. The summed E-state index contributed by atoms with van der Waals surface area (Å²) < 4.78 is 5.29. The van der Waals surface area contributed by atoms with Crippen LogP contribution in [0.2, 0.25) is 0 Å². The molecule has 0 aromatic heterocycles. The van der Waals surface area contributed by atoms with Crippen LogP contribution >= 0.6 is 0 Å². The summed E-state index contributed by atoms with van der Waals surface area (Å²) in [7, 11) is 0. The molecule has 1 aliphatic carbocycles. The first-order chi connectivity index (χ1) is 7.26. The van der Waals surface area contributed by atoms with E-state index in [2.05, 4.69) is 5.18 Å². The number of Topliss-reactive ketones (excluding diaryl/α,β-unsaturated/α-hetero) is 1. The molecule has 78 valence electrons. The molecule has 0 amide bonds. The van der Waals surface area contributed by atoms with Gasteiger partial charge in [0.25, 0.3) is 0 Å². The van der Waals surface area contributed by atoms with Gasteiger partial charge in [0.1, 0.15) is 5.75 Å². The number of rotatable bonds is 3. The fourth-order valence-electron chi connectivity index (χ4n) is 1.79. The molecule has 0 saturated heterocycles. The number of benzene rings is 1. The van der Waals surface area contributed by atoms with Crippen molar-refractivity contribution in [1.29, 1.82) is 0 Å². The van der Waals surface area contributed by atoms with Crippen molar-refractivity contribution >= 4 is 5.78 Å². The average Bonchev–Trinajstić information content (AvgIpc) is 2.56. The molecular weight excluding hydrogens is 194 g/mol. The first-order valence-corrected chi connectivity index (χ1v) is 4.88. The number of ketones is 1. The third-order valence-electron chi connectivity index (χ3n) is 2.50. The first kappa shape index (κ1) is 9.83. The van der Waals surface area contributed by atoms with Crippen LogP contribution in [0, 0.1) is 4.91 Å². The van der Waals surface area contributed by atoms with Crippen LogP contribution in [0.5, 0.6) is 5.75 Å². The molecule has 1 unspecified atom stereocenters. The van der Waals surface area contributed by atoms with Crippen LogP contribution in [-0.2, 0) is 6.42 Å². The normalized spacial score (nSPS) is 18.7. The van der Waals surface area contributed by atoms with Gasteiger partial charge < -0.3 is 4.74 Å². The average molecular weight is 205 g/mol. The molecule has 0 heterocycles. The van der Waals surface area contributed by atoms with Crippen LogP contribution in [0.25, 0.3) is 0 Å². The van der Waals surface area contributed by atoms with E-state index in [9.17, 15) is 9.70 Å². The van der Waals surface area contributed by atoms with Crippen molar-refractivity contribution in [2.75, 3.05) is 6.61 Å². The van der Waals surface area contributed by atoms with E-state index < -0.39 is 6.04 Å². The van der Waals surface area contributed by atoms with E-state index in [-0.39, 0.29) is 5.78 Å². The molecule has 4 nitrogen and oxygen atoms in total. The van der Waals surface area contributed by atoms with E-state index in [1.807, 2.05) is 19.1 Å². The highest BCUT2D eigenvalue weighted by molar-refractivity contribution is 6.04. The van der Waals surface area contributed by atoms with Gasteiger partial charge in [0.2, 0.25) is 0 Å². The Bertz CT molecular complexity index is 414. The molecule has 0 fully saturated rings. The summed E-state index contributed by atoms with van der Waals surface area (Å²) in [6, 6.07) is 4.58. The largest absolute Gasteiger partial charge is 0.494 e. The number of carbonyl (C=O) groups excluding carboxylic acids is 1. The van der Waals surface area contributed by atoms with Gasteiger partial charge in [-0.15, -0.1) is 0 Å². The van der Waals surface area contributed by atoms with E-state index in [4.69, 9.17) is 4.74 Å². The molecule has 0 spiro atoms. The van der Waals surface area contributed by atoms with Gasteiger partial charge in [0.05, 0.1) is 6.61 Å². The summed E-state index contributed by atoms with van der Waals surface area (Å²) in [5.41, 5.74) is 1.46. The topological polar surface area (TPSA) is 55.7 Å². The second kappa shape index (κ2) is 3.81. The van der Waals surface area contributed by atoms with Gasteiger partial charge in [-0.05, 0) is 24.6 Å². The number of hydrogen-bond acceptors (Lipinski definition) is 4. The summed E-state index contributed by atoms with van der Waals surface area (Å²) in [6.45, 7) is 2.44. The van der Waals surface area contributed by atoms with Gasteiger partial charge in [0.15, 0.2) is 11.8 Å². The van der Waals surface area contributed by atoms with E-state index in [0.717, 1.165) is 5.56 Å². The standard InChI is InChI=1S/C11H11NO3/c1-2-15-8-4-3-7-5-10(12-14)11(13)9(7)6-8/h3-4,6,10H,2,5H2,1H3. The minimum atomic E-state index is -0.739. The summed E-state index contributed by atoms with van der Waals surface area (Å²) in [6.07, 6.45) is 0.421. The van der Waals surface area contributed by atoms with Crippen LogP contribution in [0.1, 0.15) is 22.8 Å². The smallest absolute Gasteiger partial charge is 0.191 e. The Labute approximate surface area is 87.2 Å². The van der Waals surface area contributed by atoms with Crippen molar-refractivity contribution in [3.8, 4) is 5.75 Å². The van der Waals surface area contributed by atoms with Crippen LogP contribution in [-0.4, -0.2) is 18.4 Å². The molecule has 4 heteroatoms. The predicted molar refractivity (Wildman–Crippen MR) is 55.2 cm³/mol. The lowest BCUT2D eigenvalue weighted by atomic mass is 10.1. The van der Waals surface area contributed by atoms with Crippen LogP contribution < -0.4 is 4.74 Å². The maximum atomic E-state index is 11.6. The van der Waals surface area contributed by atoms with Crippen LogP contribution in [0.3, 0.4) is 0 Å². The van der Waals surface area contributed by atoms with E-state index in [1.54, 1.807) is 6.07 Å². The first-order valence-electron chi connectivity index (χ1n) is 4.88. The Balaban J connectivity index is 2.35. The summed E-state index contributed by atoms with van der Waals surface area (Å²) in [5.74, 6) is 0.470. The summed E-state index contributed by atoms with van der Waals surface area (Å²) in [4.78, 5) is 22.0. The highest BCUT2D eigenvalue weighted by atomic mass is 16.5. The van der Waals surface area contributed by atoms with Gasteiger partial charge in [-0.3, -0.25) is 4.79 Å². The molecular formula is C11H11NO3. The predicted octanol–water partition coefficient (Wildman–Crippen LogP) is 1.96. The molecule has 1 atom stereocenters. The van der Waals surface area contributed by atoms with Crippen molar-refractivity contribution in [3.05, 3.63) is 34.2 Å². The number of nitroso groups, excluding NO2 is 1. The molecule has 1 aliphatic rings. The number of fused-ring (bicyclic) bond motifs is 1. The lowest BCUT2D eigenvalue weighted by Gasteiger charge is -2.04. The lowest BCUT2D eigenvalue weighted by molar-refractivity contribution is 0.0975. The quantitative estimate of drug-likeness (QED) is 0.709. The van der Waals surface area contributed by atoms with E-state index in [1.165, 1.54) is 0 Å². The Kier molecular flexibility index (Phi) is 2.49. The molecule has 0 saturated carbocycles. The van der Waals surface area contributed by atoms with Crippen molar-refractivity contribution in [3.63, 3.8) is 0 Å². The van der Waals surface area contributed by atoms with E-state index in [0.29, 0.717) is 24.3 Å². The minimum Gasteiger partial charge on any atom is -0.494 e. The fraction of sp³-hybridized carbons (Fsp3) is 0.364. The monoisotopic (exact) mass is 205 g/mol. The third kappa shape index (κ3) is 1.63. The fourth-order valence-corrected chi connectivity index (χ4v) is 1.79. The van der Waals surface area contributed by atoms with Crippen molar-refractivity contribution in [1.82, 2.24) is 0 Å². The molecule has 0 N–H and O–H groups in total. The third-order valence-corrected chi connectivity index (χ3v) is 2.50. The number of carbonyl (C=O) groups is 1. The highest BCUT2D eigenvalue weighted by Crippen LogP contribution is 2.27. The van der Waals surface area contributed by atoms with Crippen LogP contribution in [0.15, 0.2) is 23.4 Å². The number of hydrogen-bond donors (Lipinski definition) is 0. The van der Waals surface area contributed by atoms with Crippen molar-refractivity contribution in [2.24, 2.45) is 5.18 Å². The molecule has 0 radical (unpaired) electrons. The summed E-state index contributed by atoms with van der Waals surface area (Å²) in [5, 5.41) is 2.82. The molecule has 0 bridgehead atoms.